The third kappa shape index (κ3) is 7.01. The Morgan fingerprint density at radius 2 is 1.84 bits per heavy atom. The molecule has 0 aliphatic heterocycles. The zero-order chi connectivity index (χ0) is 17.6. The molecule has 0 fully saturated rings. The average molecular weight is 457 g/mol. The number of hydrogen-bond acceptors (Lipinski definition) is 4. The van der Waals surface area contributed by atoms with Crippen LogP contribution < -0.4 is 10.6 Å². The average Bonchev–Trinajstić information content (AvgIpc) is 2.96. The molecule has 0 bridgehead atoms. The van der Waals surface area contributed by atoms with Crippen molar-refractivity contribution in [2.24, 2.45) is 4.99 Å². The first kappa shape index (κ1) is 21.4. The Kier molecular flexibility index (Phi) is 8.34. The highest BCUT2D eigenvalue weighted by Crippen LogP contribution is 2.22. The lowest BCUT2D eigenvalue weighted by molar-refractivity contribution is 0.387. The molecule has 138 valence electrons. The highest BCUT2D eigenvalue weighted by Gasteiger charge is 2.12. The summed E-state index contributed by atoms with van der Waals surface area (Å²) in [5, 5.41) is 10.3. The Balaban J connectivity index is 0.00000312. The second-order valence-corrected chi connectivity index (χ2v) is 6.78. The molecule has 0 unspecified atom stereocenters. The molecule has 25 heavy (non-hydrogen) atoms. The molecule has 7 heteroatoms. The Hall–Kier alpha value is -1.64. The van der Waals surface area contributed by atoms with Crippen LogP contribution >= 0.6 is 24.0 Å². The van der Waals surface area contributed by atoms with E-state index in [1.165, 1.54) is 11.1 Å². The highest BCUT2D eigenvalue weighted by atomic mass is 127. The Morgan fingerprint density at radius 1 is 1.16 bits per heavy atom. The van der Waals surface area contributed by atoms with Gasteiger partial charge in [-0.1, -0.05) is 50.2 Å². The van der Waals surface area contributed by atoms with Gasteiger partial charge >= 0.3 is 0 Å². The normalized spacial score (nSPS) is 11.8. The maximum absolute atomic E-state index is 4.94. The summed E-state index contributed by atoms with van der Waals surface area (Å²) in [6, 6.07) is 8.81. The second-order valence-electron chi connectivity index (χ2n) is 6.78. The fourth-order valence-corrected chi connectivity index (χ4v) is 2.29. The molecule has 0 spiro atoms. The smallest absolute Gasteiger partial charge is 0.223 e. The minimum absolute atomic E-state index is 0. The number of benzene rings is 1. The summed E-state index contributed by atoms with van der Waals surface area (Å²) in [6.07, 6.45) is 0.937. The van der Waals surface area contributed by atoms with Crippen molar-refractivity contribution in [1.82, 2.24) is 20.8 Å². The van der Waals surface area contributed by atoms with E-state index in [-0.39, 0.29) is 29.4 Å². The molecule has 0 radical (unpaired) electrons. The number of rotatable bonds is 5. The molecule has 2 N–H and O–H groups in total. The van der Waals surface area contributed by atoms with Crippen LogP contribution in [-0.2, 0) is 18.4 Å². The van der Waals surface area contributed by atoms with Crippen molar-refractivity contribution in [3.63, 3.8) is 0 Å². The van der Waals surface area contributed by atoms with Crippen molar-refractivity contribution < 1.29 is 4.52 Å². The number of hydrogen-bond donors (Lipinski definition) is 2. The summed E-state index contributed by atoms with van der Waals surface area (Å²) in [5.74, 6) is 1.91. The Labute approximate surface area is 166 Å². The van der Waals surface area contributed by atoms with Crippen LogP contribution in [0.2, 0.25) is 0 Å². The fourth-order valence-electron chi connectivity index (χ4n) is 2.29. The lowest BCUT2D eigenvalue weighted by Crippen LogP contribution is -2.38. The summed E-state index contributed by atoms with van der Waals surface area (Å²) in [4.78, 5) is 8.35. The van der Waals surface area contributed by atoms with Crippen LogP contribution in [0, 0.1) is 6.92 Å². The van der Waals surface area contributed by atoms with Gasteiger partial charge in [0.05, 0.1) is 6.54 Å². The summed E-state index contributed by atoms with van der Waals surface area (Å²) in [5.41, 5.74) is 2.85. The van der Waals surface area contributed by atoms with E-state index < -0.39 is 0 Å². The quantitative estimate of drug-likeness (QED) is 0.410. The third-order valence-corrected chi connectivity index (χ3v) is 3.73. The Bertz CT molecular complexity index is 674. The van der Waals surface area contributed by atoms with Gasteiger partial charge in [-0.25, -0.2) is 0 Å². The monoisotopic (exact) mass is 457 g/mol. The van der Waals surface area contributed by atoms with Crippen molar-refractivity contribution in [2.45, 2.75) is 46.1 Å². The number of nitrogens with zero attached hydrogens (tertiary/aromatic N) is 3. The molecule has 1 aromatic heterocycles. The maximum atomic E-state index is 4.94. The van der Waals surface area contributed by atoms with Gasteiger partial charge in [0.2, 0.25) is 5.89 Å². The van der Waals surface area contributed by atoms with E-state index in [1.807, 2.05) is 0 Å². The first-order chi connectivity index (χ1) is 11.4. The van der Waals surface area contributed by atoms with E-state index in [9.17, 15) is 0 Å². The minimum Gasteiger partial charge on any atom is -0.356 e. The molecule has 2 aromatic rings. The lowest BCUT2D eigenvalue weighted by atomic mass is 9.86. The SMILES string of the molecule is CN=C(NCCc1ccc(C(C)(C)C)cc1)NCc1noc(C)n1.I. The van der Waals surface area contributed by atoms with Crippen molar-refractivity contribution >= 4 is 29.9 Å². The van der Waals surface area contributed by atoms with Crippen LogP contribution in [0.15, 0.2) is 33.8 Å². The number of guanidine groups is 1. The molecule has 2 rings (SSSR count). The third-order valence-electron chi connectivity index (χ3n) is 3.73. The highest BCUT2D eigenvalue weighted by molar-refractivity contribution is 14.0. The van der Waals surface area contributed by atoms with E-state index >= 15 is 0 Å². The van der Waals surface area contributed by atoms with E-state index in [0.717, 1.165) is 18.9 Å². The summed E-state index contributed by atoms with van der Waals surface area (Å²) < 4.78 is 4.94. The van der Waals surface area contributed by atoms with E-state index in [1.54, 1.807) is 14.0 Å². The van der Waals surface area contributed by atoms with E-state index in [4.69, 9.17) is 4.52 Å². The van der Waals surface area contributed by atoms with E-state index in [0.29, 0.717) is 18.3 Å². The van der Waals surface area contributed by atoms with Gasteiger partial charge in [0, 0.05) is 20.5 Å². The number of aliphatic imine (C=N–C) groups is 1. The van der Waals surface area contributed by atoms with Gasteiger partial charge in [-0.05, 0) is 23.0 Å². The van der Waals surface area contributed by atoms with Crippen molar-refractivity contribution in [1.29, 1.82) is 0 Å². The van der Waals surface area contributed by atoms with Gasteiger partial charge in [0.1, 0.15) is 0 Å². The number of halogens is 1. The predicted octanol–water partition coefficient (Wildman–Crippen LogP) is 3.20. The fraction of sp³-hybridized carbons (Fsp3) is 0.500. The second kappa shape index (κ2) is 9.74. The van der Waals surface area contributed by atoms with Gasteiger partial charge in [-0.3, -0.25) is 4.99 Å². The predicted molar refractivity (Wildman–Crippen MR) is 111 cm³/mol. The van der Waals surface area contributed by atoms with Crippen molar-refractivity contribution in [2.75, 3.05) is 13.6 Å². The molecule has 0 saturated carbocycles. The largest absolute Gasteiger partial charge is 0.356 e. The molecule has 1 heterocycles. The number of nitrogens with one attached hydrogen (secondary N) is 2. The standard InChI is InChI=1S/C18H27N5O.HI/c1-13-22-16(23-24-13)12-21-17(19-5)20-11-10-14-6-8-15(9-7-14)18(2,3)4;/h6-9H,10-12H2,1-5H3,(H2,19,20,21);1H. The van der Waals surface area contributed by atoms with Crippen LogP contribution in [0.3, 0.4) is 0 Å². The summed E-state index contributed by atoms with van der Waals surface area (Å²) in [6.45, 7) is 9.74. The van der Waals surface area contributed by atoms with E-state index in [2.05, 4.69) is 70.8 Å². The van der Waals surface area contributed by atoms with Gasteiger partial charge < -0.3 is 15.2 Å². The minimum atomic E-state index is 0. The zero-order valence-electron chi connectivity index (χ0n) is 15.6. The van der Waals surface area contributed by atoms with Crippen LogP contribution in [0.1, 0.15) is 43.6 Å². The van der Waals surface area contributed by atoms with Gasteiger partial charge in [0.25, 0.3) is 0 Å². The van der Waals surface area contributed by atoms with Crippen LogP contribution in [0.4, 0.5) is 0 Å². The van der Waals surface area contributed by atoms with Crippen LogP contribution in [-0.4, -0.2) is 29.7 Å². The Morgan fingerprint density at radius 3 is 2.36 bits per heavy atom. The first-order valence-electron chi connectivity index (χ1n) is 8.21. The van der Waals surface area contributed by atoms with Gasteiger partial charge in [-0.15, -0.1) is 24.0 Å². The number of aromatic nitrogens is 2. The molecule has 0 saturated heterocycles. The zero-order valence-corrected chi connectivity index (χ0v) is 17.9. The molecule has 0 aliphatic rings. The lowest BCUT2D eigenvalue weighted by Gasteiger charge is -2.19. The molecule has 0 atom stereocenters. The molecular formula is C18H28IN5O. The van der Waals surface area contributed by atoms with Crippen LogP contribution in [0.5, 0.6) is 0 Å². The molecular weight excluding hydrogens is 429 g/mol. The van der Waals surface area contributed by atoms with Gasteiger partial charge in [-0.2, -0.15) is 4.98 Å². The topological polar surface area (TPSA) is 75.3 Å². The van der Waals surface area contributed by atoms with Crippen molar-refractivity contribution in [3.05, 3.63) is 47.1 Å². The molecule has 0 aliphatic carbocycles. The molecule has 6 nitrogen and oxygen atoms in total. The summed E-state index contributed by atoms with van der Waals surface area (Å²) >= 11 is 0. The van der Waals surface area contributed by atoms with Gasteiger partial charge in [0.15, 0.2) is 11.8 Å². The first-order valence-corrected chi connectivity index (χ1v) is 8.21. The molecule has 1 aromatic carbocycles. The maximum Gasteiger partial charge on any atom is 0.223 e. The summed E-state index contributed by atoms with van der Waals surface area (Å²) in [7, 11) is 1.74. The molecule has 0 amide bonds. The number of aryl methyl sites for hydroxylation is 1. The van der Waals surface area contributed by atoms with Crippen molar-refractivity contribution in [3.8, 4) is 0 Å². The van der Waals surface area contributed by atoms with Crippen LogP contribution in [0.25, 0.3) is 0 Å².